The summed E-state index contributed by atoms with van der Waals surface area (Å²) in [5, 5.41) is 0.512. The maximum absolute atomic E-state index is 12.2. The Hall–Kier alpha value is -1.40. The molecule has 0 fully saturated rings. The van der Waals surface area contributed by atoms with E-state index in [1.807, 2.05) is 24.3 Å². The van der Waals surface area contributed by atoms with Crippen LogP contribution in [-0.4, -0.2) is 22.5 Å². The molecule has 2 N–H and O–H groups in total. The second-order valence-electron chi connectivity index (χ2n) is 5.48. The SMILES string of the molecule is C[NH+](C)Cc1ccc(CNS(=O)(=O)c2ccc(Cl)cc2)cc1. The molecule has 2 aromatic rings. The van der Waals surface area contributed by atoms with Gasteiger partial charge in [0.1, 0.15) is 6.54 Å². The first-order valence-corrected chi connectivity index (χ1v) is 8.85. The van der Waals surface area contributed by atoms with E-state index in [1.165, 1.54) is 22.6 Å². The van der Waals surface area contributed by atoms with Crippen LogP contribution in [0.25, 0.3) is 0 Å². The molecule has 0 atom stereocenters. The van der Waals surface area contributed by atoms with Gasteiger partial charge in [0.25, 0.3) is 0 Å². The first kappa shape index (κ1) is 17.0. The van der Waals surface area contributed by atoms with Crippen molar-refractivity contribution in [1.29, 1.82) is 0 Å². The number of rotatable bonds is 6. The molecule has 0 radical (unpaired) electrons. The van der Waals surface area contributed by atoms with Crippen LogP contribution in [-0.2, 0) is 23.1 Å². The third kappa shape index (κ3) is 4.81. The van der Waals surface area contributed by atoms with E-state index in [4.69, 9.17) is 11.6 Å². The minimum atomic E-state index is -3.52. The highest BCUT2D eigenvalue weighted by Gasteiger charge is 2.13. The van der Waals surface area contributed by atoms with Crippen molar-refractivity contribution < 1.29 is 13.3 Å². The summed E-state index contributed by atoms with van der Waals surface area (Å²) in [7, 11) is 0.666. The van der Waals surface area contributed by atoms with Crippen LogP contribution in [0.4, 0.5) is 0 Å². The quantitative estimate of drug-likeness (QED) is 0.837. The fourth-order valence-corrected chi connectivity index (χ4v) is 3.20. The van der Waals surface area contributed by atoms with Gasteiger partial charge in [0.2, 0.25) is 10.0 Å². The predicted molar refractivity (Wildman–Crippen MR) is 88.4 cm³/mol. The van der Waals surface area contributed by atoms with Gasteiger partial charge in [-0.1, -0.05) is 35.9 Å². The standard InChI is InChI=1S/C16H19ClN2O2S/c1-19(2)12-14-5-3-13(4-6-14)11-18-22(20,21)16-9-7-15(17)8-10-16/h3-10,18H,11-12H2,1-2H3/p+1. The van der Waals surface area contributed by atoms with Crippen molar-refractivity contribution >= 4 is 21.6 Å². The summed E-state index contributed by atoms with van der Waals surface area (Å²) in [5.74, 6) is 0. The van der Waals surface area contributed by atoms with Gasteiger partial charge in [-0.25, -0.2) is 13.1 Å². The Labute approximate surface area is 136 Å². The van der Waals surface area contributed by atoms with Crippen LogP contribution < -0.4 is 9.62 Å². The molecule has 22 heavy (non-hydrogen) atoms. The first-order valence-electron chi connectivity index (χ1n) is 6.99. The number of hydrogen-bond donors (Lipinski definition) is 2. The molecule has 0 aliphatic rings. The number of benzene rings is 2. The summed E-state index contributed by atoms with van der Waals surface area (Å²) in [6.07, 6.45) is 0. The molecule has 0 saturated carbocycles. The molecule has 0 bridgehead atoms. The van der Waals surface area contributed by atoms with E-state index >= 15 is 0 Å². The Kier molecular flexibility index (Phi) is 5.58. The van der Waals surface area contributed by atoms with Crippen LogP contribution in [0.5, 0.6) is 0 Å². The van der Waals surface area contributed by atoms with E-state index in [0.717, 1.165) is 12.1 Å². The van der Waals surface area contributed by atoms with Gasteiger partial charge in [0.15, 0.2) is 0 Å². The highest BCUT2D eigenvalue weighted by molar-refractivity contribution is 7.89. The van der Waals surface area contributed by atoms with Crippen molar-refractivity contribution in [1.82, 2.24) is 4.72 Å². The zero-order valence-electron chi connectivity index (χ0n) is 12.6. The maximum atomic E-state index is 12.2. The molecule has 0 saturated heterocycles. The third-order valence-electron chi connectivity index (χ3n) is 3.17. The Bertz CT molecular complexity index is 711. The average Bonchev–Trinajstić information content (AvgIpc) is 2.46. The fourth-order valence-electron chi connectivity index (χ4n) is 2.06. The van der Waals surface area contributed by atoms with Crippen molar-refractivity contribution in [2.24, 2.45) is 0 Å². The van der Waals surface area contributed by atoms with Crippen molar-refractivity contribution in [2.75, 3.05) is 14.1 Å². The summed E-state index contributed by atoms with van der Waals surface area (Å²) in [5.41, 5.74) is 2.15. The molecule has 6 heteroatoms. The number of hydrogen-bond acceptors (Lipinski definition) is 2. The predicted octanol–water partition coefficient (Wildman–Crippen LogP) is 1.46. The van der Waals surface area contributed by atoms with E-state index in [9.17, 15) is 8.42 Å². The van der Waals surface area contributed by atoms with Gasteiger partial charge in [-0.2, -0.15) is 0 Å². The van der Waals surface area contributed by atoms with Gasteiger partial charge < -0.3 is 4.90 Å². The molecule has 0 aromatic heterocycles. The van der Waals surface area contributed by atoms with Crippen molar-refractivity contribution in [3.63, 3.8) is 0 Å². The smallest absolute Gasteiger partial charge is 0.240 e. The van der Waals surface area contributed by atoms with E-state index < -0.39 is 10.0 Å². The number of sulfonamides is 1. The Balaban J connectivity index is 2.01. The normalized spacial score (nSPS) is 11.8. The molecule has 2 rings (SSSR count). The Morgan fingerprint density at radius 3 is 2.05 bits per heavy atom. The second-order valence-corrected chi connectivity index (χ2v) is 7.68. The van der Waals surface area contributed by atoms with Gasteiger partial charge in [0.05, 0.1) is 19.0 Å². The zero-order valence-corrected chi connectivity index (χ0v) is 14.2. The molecule has 0 heterocycles. The molecular weight excluding hydrogens is 320 g/mol. The monoisotopic (exact) mass is 339 g/mol. The van der Waals surface area contributed by atoms with E-state index in [1.54, 1.807) is 12.1 Å². The van der Waals surface area contributed by atoms with Crippen LogP contribution in [0.2, 0.25) is 5.02 Å². The van der Waals surface area contributed by atoms with Gasteiger partial charge >= 0.3 is 0 Å². The maximum Gasteiger partial charge on any atom is 0.240 e. The highest BCUT2D eigenvalue weighted by Crippen LogP contribution is 2.14. The van der Waals surface area contributed by atoms with Crippen molar-refractivity contribution in [3.8, 4) is 0 Å². The molecule has 0 spiro atoms. The minimum absolute atomic E-state index is 0.213. The van der Waals surface area contributed by atoms with Crippen molar-refractivity contribution in [2.45, 2.75) is 18.0 Å². The van der Waals surface area contributed by atoms with E-state index in [2.05, 4.69) is 18.8 Å². The molecule has 4 nitrogen and oxygen atoms in total. The third-order valence-corrected chi connectivity index (χ3v) is 4.84. The lowest BCUT2D eigenvalue weighted by Crippen LogP contribution is -3.04. The molecule has 2 aromatic carbocycles. The summed E-state index contributed by atoms with van der Waals surface area (Å²) in [6.45, 7) is 1.21. The van der Waals surface area contributed by atoms with Crippen LogP contribution >= 0.6 is 11.6 Å². The number of quaternary nitrogens is 1. The molecular formula is C16H20ClN2O2S+. The van der Waals surface area contributed by atoms with Crippen LogP contribution in [0.15, 0.2) is 53.4 Å². The fraction of sp³-hybridized carbons (Fsp3) is 0.250. The lowest BCUT2D eigenvalue weighted by molar-refractivity contribution is -0.872. The molecule has 0 amide bonds. The Morgan fingerprint density at radius 2 is 1.50 bits per heavy atom. The largest absolute Gasteiger partial charge is 0.336 e. The second kappa shape index (κ2) is 7.24. The average molecular weight is 340 g/mol. The zero-order chi connectivity index (χ0) is 16.2. The van der Waals surface area contributed by atoms with Crippen molar-refractivity contribution in [3.05, 3.63) is 64.7 Å². The number of nitrogens with one attached hydrogen (secondary N) is 2. The minimum Gasteiger partial charge on any atom is -0.336 e. The van der Waals surface area contributed by atoms with Crippen LogP contribution in [0.1, 0.15) is 11.1 Å². The number of halogens is 1. The van der Waals surface area contributed by atoms with Crippen LogP contribution in [0.3, 0.4) is 0 Å². The van der Waals surface area contributed by atoms with Crippen LogP contribution in [0, 0.1) is 0 Å². The molecule has 0 aliphatic heterocycles. The van der Waals surface area contributed by atoms with E-state index in [0.29, 0.717) is 5.02 Å². The summed E-state index contributed by atoms with van der Waals surface area (Å²) >= 11 is 5.77. The lowest BCUT2D eigenvalue weighted by Gasteiger charge is -2.09. The summed E-state index contributed by atoms with van der Waals surface area (Å²) in [4.78, 5) is 1.56. The molecule has 118 valence electrons. The topological polar surface area (TPSA) is 50.6 Å². The van der Waals surface area contributed by atoms with Gasteiger partial charge in [-0.05, 0) is 29.8 Å². The summed E-state index contributed by atoms with van der Waals surface area (Å²) < 4.78 is 26.9. The van der Waals surface area contributed by atoms with Gasteiger partial charge in [0, 0.05) is 17.1 Å². The van der Waals surface area contributed by atoms with E-state index in [-0.39, 0.29) is 11.4 Å². The first-order chi connectivity index (χ1) is 10.4. The van der Waals surface area contributed by atoms with Gasteiger partial charge in [-0.15, -0.1) is 0 Å². The van der Waals surface area contributed by atoms with Gasteiger partial charge in [-0.3, -0.25) is 0 Å². The Morgan fingerprint density at radius 1 is 0.955 bits per heavy atom. The molecule has 0 unspecified atom stereocenters. The summed E-state index contributed by atoms with van der Waals surface area (Å²) in [6, 6.07) is 14.1. The molecule has 0 aliphatic carbocycles. The highest BCUT2D eigenvalue weighted by atomic mass is 35.5. The lowest BCUT2D eigenvalue weighted by atomic mass is 10.1.